The fourth-order valence-electron chi connectivity index (χ4n) is 1.81. The molecule has 1 atom stereocenters. The molecule has 0 spiro atoms. The number of likely N-dealkylation sites (tertiary alicyclic amines) is 1. The molecule has 2 N–H and O–H groups in total. The van der Waals surface area contributed by atoms with Crippen LogP contribution in [0.25, 0.3) is 0 Å². The van der Waals surface area contributed by atoms with Gasteiger partial charge in [-0.05, 0) is 6.92 Å². The second kappa shape index (κ2) is 3.60. The minimum absolute atomic E-state index is 0.0156. The van der Waals surface area contributed by atoms with E-state index >= 15 is 0 Å². The van der Waals surface area contributed by atoms with E-state index in [1.807, 2.05) is 0 Å². The third kappa shape index (κ3) is 1.21. The van der Waals surface area contributed by atoms with Crippen LogP contribution in [0.3, 0.4) is 0 Å². The summed E-state index contributed by atoms with van der Waals surface area (Å²) >= 11 is 0. The van der Waals surface area contributed by atoms with Crippen molar-refractivity contribution in [2.24, 2.45) is 0 Å². The number of carbonyl (C=O) groups excluding carboxylic acids is 3. The molecule has 0 aromatic carbocycles. The van der Waals surface area contributed by atoms with Crippen molar-refractivity contribution in [1.82, 2.24) is 15.8 Å². The predicted molar refractivity (Wildman–Crippen MR) is 51.5 cm³/mol. The Labute approximate surface area is 91.4 Å². The first-order valence-electron chi connectivity index (χ1n) is 4.81. The van der Waals surface area contributed by atoms with Gasteiger partial charge in [0.2, 0.25) is 0 Å². The maximum absolute atomic E-state index is 11.8. The highest BCUT2D eigenvalue weighted by molar-refractivity contribution is 6.20. The molecule has 2 heterocycles. The van der Waals surface area contributed by atoms with Crippen LogP contribution in [-0.2, 0) is 19.1 Å². The molecule has 1 unspecified atom stereocenters. The van der Waals surface area contributed by atoms with E-state index in [0.717, 1.165) is 4.90 Å². The van der Waals surface area contributed by atoms with Crippen LogP contribution >= 0.6 is 0 Å². The van der Waals surface area contributed by atoms with Crippen LogP contribution in [0, 0.1) is 0 Å². The lowest BCUT2D eigenvalue weighted by atomic mass is 10.1. The average molecular weight is 225 g/mol. The number of hydrogen-bond donors (Lipinski definition) is 2. The first-order valence-corrected chi connectivity index (χ1v) is 4.81. The van der Waals surface area contributed by atoms with Crippen molar-refractivity contribution in [1.29, 1.82) is 0 Å². The standard InChI is InChI=1S/C9H11N3O4/c1-3-12-7(13)4-5(8(12)14)10-11-6(4)9(15)16-2/h5,10-11H,3H2,1-2H3. The molecule has 1 fully saturated rings. The zero-order valence-electron chi connectivity index (χ0n) is 8.86. The van der Waals surface area contributed by atoms with Crippen molar-refractivity contribution in [2.75, 3.05) is 13.7 Å². The predicted octanol–water partition coefficient (Wildman–Crippen LogP) is -1.72. The van der Waals surface area contributed by atoms with E-state index < -0.39 is 17.9 Å². The van der Waals surface area contributed by atoms with Gasteiger partial charge in [-0.1, -0.05) is 0 Å². The maximum atomic E-state index is 11.8. The molecule has 0 aromatic heterocycles. The summed E-state index contributed by atoms with van der Waals surface area (Å²) in [5.74, 6) is -1.46. The van der Waals surface area contributed by atoms with E-state index in [9.17, 15) is 14.4 Å². The van der Waals surface area contributed by atoms with Crippen LogP contribution in [0.4, 0.5) is 0 Å². The highest BCUT2D eigenvalue weighted by Gasteiger charge is 2.49. The Hall–Kier alpha value is -1.89. The summed E-state index contributed by atoms with van der Waals surface area (Å²) in [7, 11) is 1.21. The van der Waals surface area contributed by atoms with Gasteiger partial charge in [0.25, 0.3) is 11.8 Å². The van der Waals surface area contributed by atoms with Crippen LogP contribution in [0.2, 0.25) is 0 Å². The summed E-state index contributed by atoms with van der Waals surface area (Å²) in [6.07, 6.45) is 0. The number of carbonyl (C=O) groups is 3. The third-order valence-electron chi connectivity index (χ3n) is 2.59. The highest BCUT2D eigenvalue weighted by atomic mass is 16.5. The fraction of sp³-hybridized carbons (Fsp3) is 0.444. The van der Waals surface area contributed by atoms with Gasteiger partial charge in [0.1, 0.15) is 11.7 Å². The number of hydrazine groups is 1. The molecule has 2 aliphatic heterocycles. The monoisotopic (exact) mass is 225 g/mol. The first-order chi connectivity index (χ1) is 7.61. The van der Waals surface area contributed by atoms with Crippen molar-refractivity contribution in [3.63, 3.8) is 0 Å². The van der Waals surface area contributed by atoms with E-state index in [-0.39, 0.29) is 23.7 Å². The molecule has 0 aromatic rings. The van der Waals surface area contributed by atoms with E-state index in [4.69, 9.17) is 0 Å². The summed E-state index contributed by atoms with van der Waals surface area (Å²) < 4.78 is 4.51. The Bertz CT molecular complexity index is 415. The first kappa shape index (κ1) is 10.6. The van der Waals surface area contributed by atoms with Gasteiger partial charge in [0, 0.05) is 6.54 Å². The zero-order chi connectivity index (χ0) is 11.9. The molecule has 7 nitrogen and oxygen atoms in total. The number of likely N-dealkylation sites (N-methyl/N-ethyl adjacent to an activating group) is 1. The third-order valence-corrected chi connectivity index (χ3v) is 2.59. The molecule has 7 heteroatoms. The van der Waals surface area contributed by atoms with Crippen LogP contribution in [0.15, 0.2) is 11.3 Å². The Morgan fingerprint density at radius 2 is 2.19 bits per heavy atom. The van der Waals surface area contributed by atoms with Crippen LogP contribution in [-0.4, -0.2) is 42.4 Å². The molecule has 0 radical (unpaired) electrons. The molecule has 0 saturated carbocycles. The lowest BCUT2D eigenvalue weighted by molar-refractivity contribution is -0.140. The van der Waals surface area contributed by atoms with Gasteiger partial charge in [0.05, 0.1) is 12.7 Å². The quantitative estimate of drug-likeness (QED) is 0.429. The molecule has 2 rings (SSSR count). The molecule has 0 aliphatic carbocycles. The SMILES string of the molecule is CCN1C(=O)C2=C(C(=O)OC)NNC2C1=O. The van der Waals surface area contributed by atoms with E-state index in [1.165, 1.54) is 7.11 Å². The molecule has 1 saturated heterocycles. The lowest BCUT2D eigenvalue weighted by Crippen LogP contribution is -2.42. The second-order valence-electron chi connectivity index (χ2n) is 3.37. The average Bonchev–Trinajstić information content (AvgIpc) is 2.80. The van der Waals surface area contributed by atoms with Gasteiger partial charge in [-0.15, -0.1) is 0 Å². The number of esters is 1. The molecule has 86 valence electrons. The minimum Gasteiger partial charge on any atom is -0.464 e. The fourth-order valence-corrected chi connectivity index (χ4v) is 1.81. The van der Waals surface area contributed by atoms with Crippen molar-refractivity contribution < 1.29 is 19.1 Å². The summed E-state index contributed by atoms with van der Waals surface area (Å²) in [4.78, 5) is 36.0. The molecule has 0 bridgehead atoms. The molecule has 2 aliphatic rings. The normalized spacial score (nSPS) is 23.6. The Morgan fingerprint density at radius 3 is 2.75 bits per heavy atom. The lowest BCUT2D eigenvalue weighted by Gasteiger charge is -2.12. The largest absolute Gasteiger partial charge is 0.464 e. The second-order valence-corrected chi connectivity index (χ2v) is 3.37. The Kier molecular flexibility index (Phi) is 2.39. The number of imide groups is 1. The number of hydrogen-bond acceptors (Lipinski definition) is 6. The summed E-state index contributed by atoms with van der Waals surface area (Å²) in [6, 6.07) is -0.776. The van der Waals surface area contributed by atoms with Crippen molar-refractivity contribution in [3.8, 4) is 0 Å². The minimum atomic E-state index is -0.776. The van der Waals surface area contributed by atoms with Crippen molar-refractivity contribution in [2.45, 2.75) is 13.0 Å². The number of rotatable bonds is 2. The zero-order valence-corrected chi connectivity index (χ0v) is 8.86. The smallest absolute Gasteiger partial charge is 0.356 e. The van der Waals surface area contributed by atoms with Crippen molar-refractivity contribution >= 4 is 17.8 Å². The molecule has 2 amide bonds. The Morgan fingerprint density at radius 1 is 1.50 bits per heavy atom. The molecular formula is C9H11N3O4. The van der Waals surface area contributed by atoms with E-state index in [1.54, 1.807) is 6.92 Å². The number of amides is 2. The van der Waals surface area contributed by atoms with Gasteiger partial charge in [-0.25, -0.2) is 10.2 Å². The van der Waals surface area contributed by atoms with Gasteiger partial charge in [-0.3, -0.25) is 14.5 Å². The van der Waals surface area contributed by atoms with Crippen molar-refractivity contribution in [3.05, 3.63) is 11.3 Å². The van der Waals surface area contributed by atoms with Crippen LogP contribution in [0.1, 0.15) is 6.92 Å². The van der Waals surface area contributed by atoms with Gasteiger partial charge in [0.15, 0.2) is 0 Å². The topological polar surface area (TPSA) is 87.7 Å². The van der Waals surface area contributed by atoms with Gasteiger partial charge >= 0.3 is 5.97 Å². The summed E-state index contributed by atoms with van der Waals surface area (Å²) in [5, 5.41) is 0. The number of ether oxygens (including phenoxy) is 1. The van der Waals surface area contributed by atoms with Gasteiger partial charge in [-0.2, -0.15) is 0 Å². The number of nitrogens with zero attached hydrogens (tertiary/aromatic N) is 1. The van der Waals surface area contributed by atoms with E-state index in [2.05, 4.69) is 15.6 Å². The molecule has 16 heavy (non-hydrogen) atoms. The van der Waals surface area contributed by atoms with E-state index in [0.29, 0.717) is 0 Å². The summed E-state index contributed by atoms with van der Waals surface area (Å²) in [5.41, 5.74) is 5.25. The van der Waals surface area contributed by atoms with Crippen LogP contribution < -0.4 is 10.9 Å². The van der Waals surface area contributed by atoms with Crippen LogP contribution in [0.5, 0.6) is 0 Å². The Balaban J connectivity index is 2.43. The number of methoxy groups -OCH3 is 1. The highest BCUT2D eigenvalue weighted by Crippen LogP contribution is 2.25. The summed E-state index contributed by atoms with van der Waals surface area (Å²) in [6.45, 7) is 1.98. The molecular weight excluding hydrogens is 214 g/mol. The number of fused-ring (bicyclic) bond motifs is 1. The van der Waals surface area contributed by atoms with Gasteiger partial charge < -0.3 is 10.2 Å². The number of nitrogens with one attached hydrogen (secondary N) is 2. The maximum Gasteiger partial charge on any atom is 0.356 e.